The maximum atomic E-state index is 11.5. The van der Waals surface area contributed by atoms with Crippen LogP contribution in [0.4, 0.5) is 0 Å². The van der Waals surface area contributed by atoms with Crippen LogP contribution in [0.2, 0.25) is 0 Å². The Hall–Kier alpha value is -1.43. The van der Waals surface area contributed by atoms with E-state index in [1.807, 2.05) is 12.1 Å². The summed E-state index contributed by atoms with van der Waals surface area (Å²) in [6.45, 7) is 1.79. The standard InChI is InChI=1S/C11H16N2O3S/c1-9(17(2,15)16)11(14)13-7-5-10-4-3-6-12-8-10/h3-4,6,8-9H,5,7H2,1-2H3,(H,13,14)/t9-/m1/s1. The molecule has 0 aromatic carbocycles. The van der Waals surface area contributed by atoms with Crippen LogP contribution in [-0.4, -0.2) is 37.4 Å². The van der Waals surface area contributed by atoms with Crippen molar-refractivity contribution in [3.8, 4) is 0 Å². The van der Waals surface area contributed by atoms with Crippen LogP contribution in [0, 0.1) is 0 Å². The molecule has 0 unspecified atom stereocenters. The third-order valence-electron chi connectivity index (χ3n) is 2.45. The quantitative estimate of drug-likeness (QED) is 0.815. The van der Waals surface area contributed by atoms with Crippen molar-refractivity contribution in [3.05, 3.63) is 30.1 Å². The minimum atomic E-state index is -3.32. The van der Waals surface area contributed by atoms with E-state index in [0.717, 1.165) is 11.8 Å². The maximum absolute atomic E-state index is 11.5. The van der Waals surface area contributed by atoms with Crippen molar-refractivity contribution in [1.29, 1.82) is 0 Å². The van der Waals surface area contributed by atoms with Crippen molar-refractivity contribution in [1.82, 2.24) is 10.3 Å². The van der Waals surface area contributed by atoms with E-state index in [1.165, 1.54) is 6.92 Å². The zero-order valence-electron chi connectivity index (χ0n) is 9.88. The molecule has 17 heavy (non-hydrogen) atoms. The van der Waals surface area contributed by atoms with Gasteiger partial charge < -0.3 is 5.32 Å². The maximum Gasteiger partial charge on any atom is 0.238 e. The summed E-state index contributed by atoms with van der Waals surface area (Å²) in [5.74, 6) is -0.462. The number of amides is 1. The summed E-state index contributed by atoms with van der Waals surface area (Å²) in [6, 6.07) is 3.72. The molecule has 0 aliphatic heterocycles. The Balaban J connectivity index is 2.40. The van der Waals surface area contributed by atoms with E-state index < -0.39 is 21.0 Å². The van der Waals surface area contributed by atoms with E-state index in [2.05, 4.69) is 10.3 Å². The third-order valence-corrected chi connectivity index (χ3v) is 3.95. The predicted octanol–water partition coefficient (Wildman–Crippen LogP) is 0.173. The molecule has 0 bridgehead atoms. The van der Waals surface area contributed by atoms with Gasteiger partial charge in [-0.15, -0.1) is 0 Å². The van der Waals surface area contributed by atoms with Crippen molar-refractivity contribution in [2.24, 2.45) is 0 Å². The minimum absolute atomic E-state index is 0.407. The van der Waals surface area contributed by atoms with Gasteiger partial charge in [0.2, 0.25) is 5.91 Å². The fourth-order valence-corrected chi connectivity index (χ4v) is 1.69. The first kappa shape index (κ1) is 13.6. The first-order chi connectivity index (χ1) is 7.91. The van der Waals surface area contributed by atoms with Gasteiger partial charge in [0.25, 0.3) is 0 Å². The van der Waals surface area contributed by atoms with Crippen molar-refractivity contribution in [2.45, 2.75) is 18.6 Å². The summed E-state index contributed by atoms with van der Waals surface area (Å²) in [5, 5.41) is 1.59. The van der Waals surface area contributed by atoms with Gasteiger partial charge in [0.15, 0.2) is 9.84 Å². The molecule has 5 nitrogen and oxygen atoms in total. The SMILES string of the molecule is C[C@H](C(=O)NCCc1cccnc1)S(C)(=O)=O. The molecule has 1 heterocycles. The first-order valence-electron chi connectivity index (χ1n) is 5.26. The zero-order valence-corrected chi connectivity index (χ0v) is 10.7. The van der Waals surface area contributed by atoms with E-state index in [-0.39, 0.29) is 0 Å². The van der Waals surface area contributed by atoms with Gasteiger partial charge in [0.05, 0.1) is 0 Å². The molecule has 1 aromatic rings. The highest BCUT2D eigenvalue weighted by Crippen LogP contribution is 1.99. The topological polar surface area (TPSA) is 76.1 Å². The lowest BCUT2D eigenvalue weighted by atomic mass is 10.2. The molecular weight excluding hydrogens is 240 g/mol. The number of hydrogen-bond donors (Lipinski definition) is 1. The molecule has 1 rings (SSSR count). The second-order valence-corrected chi connectivity index (χ2v) is 6.24. The summed E-state index contributed by atoms with van der Waals surface area (Å²) in [6.07, 6.45) is 5.08. The number of hydrogen-bond acceptors (Lipinski definition) is 4. The van der Waals surface area contributed by atoms with Gasteiger partial charge >= 0.3 is 0 Å². The summed E-state index contributed by atoms with van der Waals surface area (Å²) in [7, 11) is -3.32. The molecule has 1 aromatic heterocycles. The van der Waals surface area contributed by atoms with Gasteiger partial charge in [-0.3, -0.25) is 9.78 Å². The van der Waals surface area contributed by atoms with Crippen molar-refractivity contribution in [2.75, 3.05) is 12.8 Å². The molecule has 0 fully saturated rings. The van der Waals surface area contributed by atoms with E-state index in [4.69, 9.17) is 0 Å². The minimum Gasteiger partial charge on any atom is -0.355 e. The molecule has 0 saturated heterocycles. The van der Waals surface area contributed by atoms with Crippen LogP contribution < -0.4 is 5.32 Å². The van der Waals surface area contributed by atoms with Crippen LogP contribution in [0.5, 0.6) is 0 Å². The number of nitrogens with zero attached hydrogens (tertiary/aromatic N) is 1. The zero-order chi connectivity index (χ0) is 12.9. The van der Waals surface area contributed by atoms with E-state index in [9.17, 15) is 13.2 Å². The third kappa shape index (κ3) is 4.52. The normalized spacial score (nSPS) is 13.1. The van der Waals surface area contributed by atoms with Gasteiger partial charge in [-0.2, -0.15) is 0 Å². The average Bonchev–Trinajstić information content (AvgIpc) is 2.28. The Kier molecular flexibility index (Phi) is 4.62. The molecule has 0 radical (unpaired) electrons. The van der Waals surface area contributed by atoms with Crippen LogP contribution in [0.1, 0.15) is 12.5 Å². The fourth-order valence-electron chi connectivity index (χ4n) is 1.21. The van der Waals surface area contributed by atoms with E-state index in [0.29, 0.717) is 13.0 Å². The lowest BCUT2D eigenvalue weighted by Crippen LogP contribution is -2.38. The van der Waals surface area contributed by atoms with Crippen molar-refractivity contribution >= 4 is 15.7 Å². The summed E-state index contributed by atoms with van der Waals surface area (Å²) >= 11 is 0. The van der Waals surface area contributed by atoms with E-state index in [1.54, 1.807) is 12.4 Å². The second kappa shape index (κ2) is 5.77. The molecule has 0 aliphatic carbocycles. The lowest BCUT2D eigenvalue weighted by molar-refractivity contribution is -0.120. The first-order valence-corrected chi connectivity index (χ1v) is 7.22. The van der Waals surface area contributed by atoms with Gasteiger partial charge in [-0.1, -0.05) is 6.07 Å². The molecule has 1 atom stereocenters. The van der Waals surface area contributed by atoms with Gasteiger partial charge in [-0.05, 0) is 25.0 Å². The van der Waals surface area contributed by atoms with Crippen LogP contribution in [0.15, 0.2) is 24.5 Å². The predicted molar refractivity (Wildman–Crippen MR) is 65.3 cm³/mol. The number of nitrogens with one attached hydrogen (secondary N) is 1. The molecule has 0 spiro atoms. The molecular formula is C11H16N2O3S. The Morgan fingerprint density at radius 1 is 1.53 bits per heavy atom. The van der Waals surface area contributed by atoms with Crippen LogP contribution in [-0.2, 0) is 21.1 Å². The van der Waals surface area contributed by atoms with Gasteiger partial charge in [-0.25, -0.2) is 8.42 Å². The Bertz CT molecular complexity index is 471. The van der Waals surface area contributed by atoms with Gasteiger partial charge in [0, 0.05) is 25.2 Å². The van der Waals surface area contributed by atoms with Gasteiger partial charge in [0.1, 0.15) is 5.25 Å². The Labute approximate surface area is 101 Å². The summed E-state index contributed by atoms with van der Waals surface area (Å²) in [4.78, 5) is 15.4. The van der Waals surface area contributed by atoms with Crippen molar-refractivity contribution in [3.63, 3.8) is 0 Å². The van der Waals surface area contributed by atoms with Crippen molar-refractivity contribution < 1.29 is 13.2 Å². The largest absolute Gasteiger partial charge is 0.355 e. The van der Waals surface area contributed by atoms with E-state index >= 15 is 0 Å². The number of aromatic nitrogens is 1. The highest BCUT2D eigenvalue weighted by molar-refractivity contribution is 7.92. The summed E-state index contributed by atoms with van der Waals surface area (Å²) < 4.78 is 22.3. The monoisotopic (exact) mass is 256 g/mol. The number of rotatable bonds is 5. The highest BCUT2D eigenvalue weighted by Gasteiger charge is 2.22. The molecule has 94 valence electrons. The number of carbonyl (C=O) groups excluding carboxylic acids is 1. The second-order valence-electron chi connectivity index (χ2n) is 3.87. The van der Waals surface area contributed by atoms with Crippen LogP contribution in [0.3, 0.4) is 0 Å². The van der Waals surface area contributed by atoms with Crippen LogP contribution >= 0.6 is 0 Å². The smallest absolute Gasteiger partial charge is 0.238 e. The van der Waals surface area contributed by atoms with Crippen LogP contribution in [0.25, 0.3) is 0 Å². The Morgan fingerprint density at radius 2 is 2.24 bits per heavy atom. The average molecular weight is 256 g/mol. The molecule has 0 aliphatic rings. The summed E-state index contributed by atoms with van der Waals surface area (Å²) in [5.41, 5.74) is 1.000. The Morgan fingerprint density at radius 3 is 2.76 bits per heavy atom. The molecule has 6 heteroatoms. The molecule has 1 amide bonds. The molecule has 1 N–H and O–H groups in total. The number of sulfone groups is 1. The lowest BCUT2D eigenvalue weighted by Gasteiger charge is -2.10. The molecule has 0 saturated carbocycles. The highest BCUT2D eigenvalue weighted by atomic mass is 32.2. The number of pyridine rings is 1. The fraction of sp³-hybridized carbons (Fsp3) is 0.455. The number of carbonyl (C=O) groups is 1.